The third-order valence-electron chi connectivity index (χ3n) is 2.30. The molecule has 2 atom stereocenters. The highest BCUT2D eigenvalue weighted by molar-refractivity contribution is 5.07. The Kier molecular flexibility index (Phi) is 5.36. The van der Waals surface area contributed by atoms with E-state index in [1.54, 1.807) is 0 Å². The molecule has 0 rings (SSSR count). The summed E-state index contributed by atoms with van der Waals surface area (Å²) in [6.45, 7) is 0. The van der Waals surface area contributed by atoms with Crippen LogP contribution in [-0.2, 0) is 0 Å². The van der Waals surface area contributed by atoms with Crippen LogP contribution in [0.3, 0.4) is 0 Å². The van der Waals surface area contributed by atoms with Crippen molar-refractivity contribution in [3.05, 3.63) is 0 Å². The minimum Gasteiger partial charge on any atom is -0.364 e. The van der Waals surface area contributed by atoms with E-state index in [-0.39, 0.29) is 0 Å². The van der Waals surface area contributed by atoms with Gasteiger partial charge in [0.15, 0.2) is 0 Å². The van der Waals surface area contributed by atoms with Crippen molar-refractivity contribution in [2.45, 2.75) is 48.8 Å². The van der Waals surface area contributed by atoms with Crippen LogP contribution in [0.2, 0.25) is 0 Å². The number of aliphatic hydroxyl groups excluding tert-OH is 1. The molecule has 1 nitrogen and oxygen atoms in total. The molecule has 0 aromatic rings. The Morgan fingerprint density at radius 3 is 1.32 bits per heavy atom. The second-order valence-corrected chi connectivity index (χ2v) is 4.02. The lowest BCUT2D eigenvalue weighted by atomic mass is 9.94. The van der Waals surface area contributed by atoms with E-state index in [1.807, 2.05) is 0 Å². The van der Waals surface area contributed by atoms with E-state index < -0.39 is 48.8 Å². The van der Waals surface area contributed by atoms with Crippen molar-refractivity contribution in [2.75, 3.05) is 0 Å². The number of hydrogen-bond acceptors (Lipinski definition) is 1. The van der Waals surface area contributed by atoms with E-state index in [0.717, 1.165) is 0 Å². The number of alkyl halides is 13. The smallest absolute Gasteiger partial charge is 0.364 e. The first kappa shape index (κ1) is 21.0. The molecule has 0 fully saturated rings. The van der Waals surface area contributed by atoms with Gasteiger partial charge in [0.2, 0.25) is 6.36 Å². The van der Waals surface area contributed by atoms with Gasteiger partial charge < -0.3 is 5.11 Å². The Balaban J connectivity index is 5.88. The fourth-order valence-electron chi connectivity index (χ4n) is 1.14. The summed E-state index contributed by atoms with van der Waals surface area (Å²) in [6, 6.07) is 0. The van der Waals surface area contributed by atoms with Gasteiger partial charge in [-0.25, -0.2) is 8.78 Å². The largest absolute Gasteiger partial charge is 0.425 e. The summed E-state index contributed by atoms with van der Waals surface area (Å²) in [5, 5.41) is 7.79. The summed E-state index contributed by atoms with van der Waals surface area (Å²) >= 11 is 0. The molecule has 134 valence electrons. The first-order valence-corrected chi connectivity index (χ1v) is 4.86. The van der Waals surface area contributed by atoms with Crippen LogP contribution in [0.5, 0.6) is 0 Å². The van der Waals surface area contributed by atoms with Gasteiger partial charge in [0.25, 0.3) is 6.17 Å². The number of aliphatic hydroxyl groups is 1. The number of rotatable bonds is 6. The Labute approximate surface area is 112 Å². The van der Waals surface area contributed by atoms with E-state index in [2.05, 4.69) is 0 Å². The normalized spacial score (nSPS) is 18.3. The zero-order chi connectivity index (χ0) is 18.4. The highest BCUT2D eigenvalue weighted by atomic mass is 19.4. The quantitative estimate of drug-likeness (QED) is 0.704. The molecular weight excluding hydrogens is 359 g/mol. The van der Waals surface area contributed by atoms with Gasteiger partial charge in [-0.3, -0.25) is 0 Å². The van der Waals surface area contributed by atoms with Crippen LogP contribution in [0.4, 0.5) is 57.1 Å². The summed E-state index contributed by atoms with van der Waals surface area (Å²) in [7, 11) is 0. The molecule has 0 saturated heterocycles. The lowest BCUT2D eigenvalue weighted by molar-refractivity contribution is -0.395. The Morgan fingerprint density at radius 1 is 0.682 bits per heavy atom. The summed E-state index contributed by atoms with van der Waals surface area (Å²) in [5.74, 6) is -28.5. The van der Waals surface area contributed by atoms with Gasteiger partial charge in [0.05, 0.1) is 6.42 Å². The maximum Gasteiger partial charge on any atom is 0.425 e. The molecule has 1 N–H and O–H groups in total. The van der Waals surface area contributed by atoms with Gasteiger partial charge in [-0.1, -0.05) is 0 Å². The first-order valence-electron chi connectivity index (χ1n) is 4.86. The molecule has 0 radical (unpaired) electrons. The molecule has 2 unspecified atom stereocenters. The Hall–Kier alpha value is -0.950. The summed E-state index contributed by atoms with van der Waals surface area (Å²) in [6.07, 6.45) is -19.7. The highest BCUT2D eigenvalue weighted by Crippen LogP contribution is 2.56. The van der Waals surface area contributed by atoms with Gasteiger partial charge in [0, 0.05) is 0 Å². The van der Waals surface area contributed by atoms with Gasteiger partial charge in [0.1, 0.15) is 0 Å². The molecule has 0 aromatic carbocycles. The minimum atomic E-state index is -7.55. The second-order valence-electron chi connectivity index (χ2n) is 4.02. The molecule has 0 saturated carbocycles. The van der Waals surface area contributed by atoms with E-state index >= 15 is 0 Å². The van der Waals surface area contributed by atoms with Crippen molar-refractivity contribution in [2.24, 2.45) is 0 Å². The molecule has 0 bridgehead atoms. The molecule has 0 aromatic heterocycles. The SMILES string of the molecule is OC(F)CC(F)(F)C(F)(F)C(F)(F)C(F)(F)C(F)C(F)(F)F. The third kappa shape index (κ3) is 3.35. The molecule has 0 aliphatic carbocycles. The molecule has 14 heteroatoms. The molecule has 22 heavy (non-hydrogen) atoms. The monoisotopic (exact) mass is 364 g/mol. The summed E-state index contributed by atoms with van der Waals surface area (Å²) in [4.78, 5) is 0. The maximum absolute atomic E-state index is 12.8. The van der Waals surface area contributed by atoms with Crippen LogP contribution < -0.4 is 0 Å². The van der Waals surface area contributed by atoms with E-state index in [9.17, 15) is 57.1 Å². The van der Waals surface area contributed by atoms with Crippen molar-refractivity contribution in [3.8, 4) is 0 Å². The first-order chi connectivity index (χ1) is 9.32. The second kappa shape index (κ2) is 5.60. The van der Waals surface area contributed by atoms with Gasteiger partial charge >= 0.3 is 29.9 Å². The zero-order valence-corrected chi connectivity index (χ0v) is 9.72. The molecule has 0 heterocycles. The lowest BCUT2D eigenvalue weighted by Crippen LogP contribution is -2.66. The van der Waals surface area contributed by atoms with Gasteiger partial charge in [-0.2, -0.15) is 48.3 Å². The number of hydrogen-bond donors (Lipinski definition) is 1. The van der Waals surface area contributed by atoms with E-state index in [0.29, 0.717) is 0 Å². The van der Waals surface area contributed by atoms with Crippen LogP contribution in [0, 0.1) is 0 Å². The van der Waals surface area contributed by atoms with E-state index in [1.165, 1.54) is 0 Å². The standard InChI is InChI=1S/C8H5F13O/c9-2(22)1-4(11,12)7(18,19)8(20,21)5(13,14)3(10)6(15,16)17/h2-3,22H,1H2. The summed E-state index contributed by atoms with van der Waals surface area (Å²) in [5.41, 5.74) is 0. The molecule has 0 amide bonds. The van der Waals surface area contributed by atoms with E-state index in [4.69, 9.17) is 5.11 Å². The highest BCUT2D eigenvalue weighted by Gasteiger charge is 2.84. The topological polar surface area (TPSA) is 20.2 Å². The van der Waals surface area contributed by atoms with Crippen LogP contribution in [0.25, 0.3) is 0 Å². The molecule has 0 aliphatic heterocycles. The lowest BCUT2D eigenvalue weighted by Gasteiger charge is -2.38. The average Bonchev–Trinajstić information content (AvgIpc) is 2.23. The van der Waals surface area contributed by atoms with Crippen LogP contribution in [0.15, 0.2) is 0 Å². The molecule has 0 spiro atoms. The van der Waals surface area contributed by atoms with Crippen LogP contribution >= 0.6 is 0 Å². The van der Waals surface area contributed by atoms with Crippen molar-refractivity contribution >= 4 is 0 Å². The number of halogens is 13. The fourth-order valence-corrected chi connectivity index (χ4v) is 1.14. The molecular formula is C8H5F13O. The van der Waals surface area contributed by atoms with Crippen molar-refractivity contribution in [1.82, 2.24) is 0 Å². The van der Waals surface area contributed by atoms with Gasteiger partial charge in [-0.15, -0.1) is 0 Å². The van der Waals surface area contributed by atoms with Crippen LogP contribution in [0.1, 0.15) is 6.42 Å². The average molecular weight is 364 g/mol. The minimum absolute atomic E-state index is 3.13. The van der Waals surface area contributed by atoms with Gasteiger partial charge in [-0.05, 0) is 0 Å². The predicted molar refractivity (Wildman–Crippen MR) is 42.5 cm³/mol. The zero-order valence-electron chi connectivity index (χ0n) is 9.72. The van der Waals surface area contributed by atoms with Crippen molar-refractivity contribution < 1.29 is 62.2 Å². The summed E-state index contributed by atoms with van der Waals surface area (Å²) < 4.78 is 161. The Morgan fingerprint density at radius 2 is 1.05 bits per heavy atom. The van der Waals surface area contributed by atoms with Crippen molar-refractivity contribution in [1.29, 1.82) is 0 Å². The Bertz CT molecular complexity index is 384. The van der Waals surface area contributed by atoms with Crippen molar-refractivity contribution in [3.63, 3.8) is 0 Å². The molecule has 0 aliphatic rings. The fraction of sp³-hybridized carbons (Fsp3) is 1.00. The maximum atomic E-state index is 12.8. The third-order valence-corrected chi connectivity index (χ3v) is 2.30. The van der Waals surface area contributed by atoms with Crippen LogP contribution in [-0.4, -0.2) is 47.5 Å². The predicted octanol–water partition coefficient (Wildman–Crippen LogP) is 4.11.